The van der Waals surface area contributed by atoms with Gasteiger partial charge < -0.3 is 9.47 Å². The molecule has 2 atom stereocenters. The van der Waals surface area contributed by atoms with Gasteiger partial charge in [-0.3, -0.25) is 9.69 Å². The summed E-state index contributed by atoms with van der Waals surface area (Å²) >= 11 is 0. The molecule has 0 saturated carbocycles. The highest BCUT2D eigenvalue weighted by atomic mass is 16.5. The predicted octanol–water partition coefficient (Wildman–Crippen LogP) is 3.67. The van der Waals surface area contributed by atoms with Crippen LogP contribution >= 0.6 is 0 Å². The van der Waals surface area contributed by atoms with Gasteiger partial charge in [0.2, 0.25) is 0 Å². The molecule has 112 valence electrons. The van der Waals surface area contributed by atoms with Crippen molar-refractivity contribution in [1.29, 1.82) is 0 Å². The van der Waals surface area contributed by atoms with E-state index in [2.05, 4.69) is 0 Å². The topological polar surface area (TPSA) is 38.8 Å². The Morgan fingerprint density at radius 1 is 1.05 bits per heavy atom. The third-order valence-electron chi connectivity index (χ3n) is 4.05. The lowest BCUT2D eigenvalue weighted by Gasteiger charge is -2.46. The summed E-state index contributed by atoms with van der Waals surface area (Å²) in [6.07, 6.45) is -0.446. The van der Waals surface area contributed by atoms with Crippen LogP contribution in [0.2, 0.25) is 0 Å². The number of amides is 1. The SMILES string of the molecule is CC(C)O[C@H]1C(=O)N2c3ccccc3Oc3ccccc3[C@H]12. The van der Waals surface area contributed by atoms with Crippen molar-refractivity contribution in [3.8, 4) is 11.5 Å². The highest BCUT2D eigenvalue weighted by Crippen LogP contribution is 2.51. The number of β-lactam (4-membered cyclic amide) rings is 1. The van der Waals surface area contributed by atoms with Crippen LogP contribution in [0, 0.1) is 0 Å². The van der Waals surface area contributed by atoms with E-state index in [0.29, 0.717) is 5.75 Å². The lowest BCUT2D eigenvalue weighted by molar-refractivity contribution is -0.146. The van der Waals surface area contributed by atoms with Crippen molar-refractivity contribution >= 4 is 11.6 Å². The van der Waals surface area contributed by atoms with Gasteiger partial charge in [-0.2, -0.15) is 0 Å². The summed E-state index contributed by atoms with van der Waals surface area (Å²) in [6.45, 7) is 3.89. The maximum absolute atomic E-state index is 12.6. The number of para-hydroxylation sites is 3. The summed E-state index contributed by atoms with van der Waals surface area (Å²) in [6, 6.07) is 15.3. The Morgan fingerprint density at radius 3 is 2.50 bits per heavy atom. The van der Waals surface area contributed by atoms with E-state index in [1.54, 1.807) is 4.90 Å². The van der Waals surface area contributed by atoms with Gasteiger partial charge >= 0.3 is 0 Å². The number of ether oxygens (including phenoxy) is 2. The highest BCUT2D eigenvalue weighted by molar-refractivity contribution is 6.06. The standard InChI is InChI=1S/C18H17NO3/c1-11(2)21-17-16-12-7-3-5-9-14(12)22-15-10-6-4-8-13(15)19(16)18(17)20/h3-11,16-17H,1-2H3/t16-,17-/m1/s1. The first-order chi connectivity index (χ1) is 10.7. The normalized spacial score (nSPS) is 22.1. The third-order valence-corrected chi connectivity index (χ3v) is 4.05. The molecule has 2 aromatic rings. The molecule has 2 aliphatic heterocycles. The van der Waals surface area contributed by atoms with E-state index in [4.69, 9.17) is 9.47 Å². The number of benzene rings is 2. The molecule has 1 amide bonds. The molecule has 4 nitrogen and oxygen atoms in total. The van der Waals surface area contributed by atoms with Crippen LogP contribution < -0.4 is 9.64 Å². The van der Waals surface area contributed by atoms with Gasteiger partial charge in [0.25, 0.3) is 5.91 Å². The predicted molar refractivity (Wildman–Crippen MR) is 83.2 cm³/mol. The molecule has 2 aromatic carbocycles. The second-order valence-electron chi connectivity index (χ2n) is 5.87. The number of hydrogen-bond acceptors (Lipinski definition) is 3. The van der Waals surface area contributed by atoms with E-state index in [-0.39, 0.29) is 18.1 Å². The Hall–Kier alpha value is -2.33. The monoisotopic (exact) mass is 295 g/mol. The minimum atomic E-state index is -0.448. The molecule has 0 N–H and O–H groups in total. The number of carbonyl (C=O) groups excluding carboxylic acids is 1. The first-order valence-electron chi connectivity index (χ1n) is 7.51. The minimum Gasteiger partial charge on any atom is -0.455 e. The van der Waals surface area contributed by atoms with Crippen LogP contribution in [-0.2, 0) is 9.53 Å². The Morgan fingerprint density at radius 2 is 1.73 bits per heavy atom. The van der Waals surface area contributed by atoms with Crippen molar-refractivity contribution in [3.63, 3.8) is 0 Å². The van der Waals surface area contributed by atoms with Gasteiger partial charge in [-0.15, -0.1) is 0 Å². The van der Waals surface area contributed by atoms with Gasteiger partial charge in [0.1, 0.15) is 11.8 Å². The Bertz CT molecular complexity index is 741. The zero-order chi connectivity index (χ0) is 15.3. The van der Waals surface area contributed by atoms with Crippen LogP contribution in [0.25, 0.3) is 0 Å². The van der Waals surface area contributed by atoms with Crippen molar-refractivity contribution in [1.82, 2.24) is 0 Å². The summed E-state index contributed by atoms with van der Waals surface area (Å²) in [5.41, 5.74) is 1.79. The van der Waals surface area contributed by atoms with Crippen LogP contribution in [-0.4, -0.2) is 18.1 Å². The van der Waals surface area contributed by atoms with Crippen molar-refractivity contribution < 1.29 is 14.3 Å². The quantitative estimate of drug-likeness (QED) is 0.793. The first-order valence-corrected chi connectivity index (χ1v) is 7.51. The molecule has 4 rings (SSSR count). The van der Waals surface area contributed by atoms with Crippen LogP contribution in [0.15, 0.2) is 48.5 Å². The molecule has 0 unspecified atom stereocenters. The lowest BCUT2D eigenvalue weighted by atomic mass is 9.89. The maximum atomic E-state index is 12.6. The number of carbonyl (C=O) groups is 1. The van der Waals surface area contributed by atoms with E-state index in [1.807, 2.05) is 62.4 Å². The van der Waals surface area contributed by atoms with Gasteiger partial charge in [-0.25, -0.2) is 0 Å². The number of anilines is 1. The molecule has 4 heteroatoms. The van der Waals surface area contributed by atoms with Crippen molar-refractivity contribution in [3.05, 3.63) is 54.1 Å². The third kappa shape index (κ3) is 1.84. The number of nitrogens with zero attached hydrogens (tertiary/aromatic N) is 1. The highest BCUT2D eigenvalue weighted by Gasteiger charge is 2.53. The molecule has 0 spiro atoms. The molecule has 2 heterocycles. The molecule has 0 aromatic heterocycles. The molecule has 1 saturated heterocycles. The van der Waals surface area contributed by atoms with Crippen molar-refractivity contribution in [2.75, 3.05) is 4.90 Å². The van der Waals surface area contributed by atoms with Gasteiger partial charge in [-0.05, 0) is 32.0 Å². The van der Waals surface area contributed by atoms with E-state index in [9.17, 15) is 4.79 Å². The first kappa shape index (κ1) is 13.3. The van der Waals surface area contributed by atoms with Crippen LogP contribution in [0.4, 0.5) is 5.69 Å². The zero-order valence-electron chi connectivity index (χ0n) is 12.5. The fourth-order valence-electron chi connectivity index (χ4n) is 3.14. The zero-order valence-corrected chi connectivity index (χ0v) is 12.5. The van der Waals surface area contributed by atoms with Crippen molar-refractivity contribution in [2.24, 2.45) is 0 Å². The molecule has 0 aliphatic carbocycles. The van der Waals surface area contributed by atoms with E-state index < -0.39 is 6.10 Å². The second kappa shape index (κ2) is 4.85. The number of fused-ring (bicyclic) bond motifs is 5. The maximum Gasteiger partial charge on any atom is 0.259 e. The number of hydrogen-bond donors (Lipinski definition) is 0. The van der Waals surface area contributed by atoms with Crippen LogP contribution in [0.3, 0.4) is 0 Å². The molecule has 1 fully saturated rings. The smallest absolute Gasteiger partial charge is 0.259 e. The molecule has 0 bridgehead atoms. The van der Waals surface area contributed by atoms with Crippen LogP contribution in [0.1, 0.15) is 25.5 Å². The Balaban J connectivity index is 1.86. The minimum absolute atomic E-state index is 0.00248. The molecular formula is C18H17NO3. The average molecular weight is 295 g/mol. The van der Waals surface area contributed by atoms with E-state index in [0.717, 1.165) is 17.0 Å². The second-order valence-corrected chi connectivity index (χ2v) is 5.87. The van der Waals surface area contributed by atoms with Gasteiger partial charge in [0.05, 0.1) is 11.8 Å². The van der Waals surface area contributed by atoms with Gasteiger partial charge in [0.15, 0.2) is 11.9 Å². The fraction of sp³-hybridized carbons (Fsp3) is 0.278. The van der Waals surface area contributed by atoms with Gasteiger partial charge in [-0.1, -0.05) is 30.3 Å². The number of rotatable bonds is 2. The average Bonchev–Trinajstić information content (AvgIpc) is 2.64. The van der Waals surface area contributed by atoms with Crippen LogP contribution in [0.5, 0.6) is 11.5 Å². The molecule has 22 heavy (non-hydrogen) atoms. The van der Waals surface area contributed by atoms with Crippen molar-refractivity contribution in [2.45, 2.75) is 32.1 Å². The lowest BCUT2D eigenvalue weighted by Crippen LogP contribution is -2.60. The summed E-state index contributed by atoms with van der Waals surface area (Å²) < 4.78 is 11.9. The van der Waals surface area contributed by atoms with E-state index >= 15 is 0 Å². The van der Waals surface area contributed by atoms with Gasteiger partial charge in [0, 0.05) is 5.56 Å². The van der Waals surface area contributed by atoms with E-state index in [1.165, 1.54) is 0 Å². The molecule has 0 radical (unpaired) electrons. The largest absolute Gasteiger partial charge is 0.455 e. The summed E-state index contributed by atoms with van der Waals surface area (Å²) in [4.78, 5) is 14.4. The summed E-state index contributed by atoms with van der Waals surface area (Å²) in [7, 11) is 0. The summed E-state index contributed by atoms with van der Waals surface area (Å²) in [5, 5.41) is 0. The summed E-state index contributed by atoms with van der Waals surface area (Å²) in [5.74, 6) is 1.48. The molecule has 2 aliphatic rings. The Kier molecular flexibility index (Phi) is 2.94. The molecular weight excluding hydrogens is 278 g/mol. The fourth-order valence-corrected chi connectivity index (χ4v) is 3.14. The Labute approximate surface area is 129 Å².